The van der Waals surface area contributed by atoms with E-state index in [1.807, 2.05) is 0 Å². The van der Waals surface area contributed by atoms with Crippen molar-refractivity contribution < 1.29 is 13.9 Å². The fraction of sp³-hybridized carbons (Fsp3) is 0.385. The predicted molar refractivity (Wildman–Crippen MR) is 73.2 cm³/mol. The van der Waals surface area contributed by atoms with Crippen molar-refractivity contribution in [1.29, 1.82) is 0 Å². The zero-order chi connectivity index (χ0) is 13.8. The Bertz CT molecular complexity index is 478. The van der Waals surface area contributed by atoms with Gasteiger partial charge in [0, 0.05) is 6.54 Å². The second-order valence-corrected chi connectivity index (χ2v) is 4.88. The molecule has 2 N–H and O–H groups in total. The lowest BCUT2D eigenvalue weighted by atomic mass is 10.1. The van der Waals surface area contributed by atoms with Gasteiger partial charge in [0.2, 0.25) is 5.91 Å². The first-order valence-electron chi connectivity index (χ1n) is 5.99. The average Bonchev–Trinajstić information content (AvgIpc) is 2.41. The minimum atomic E-state index is -0.374. The minimum Gasteiger partial charge on any atom is -0.391 e. The Kier molecular flexibility index (Phi) is 4.44. The van der Waals surface area contributed by atoms with Gasteiger partial charge in [0.25, 0.3) is 0 Å². The first-order chi connectivity index (χ1) is 9.06. The third kappa shape index (κ3) is 3.71. The summed E-state index contributed by atoms with van der Waals surface area (Å²) in [5.74, 6) is -0.340. The average molecular weight is 282 g/mol. The van der Waals surface area contributed by atoms with E-state index >= 15 is 0 Å². The van der Waals surface area contributed by atoms with Gasteiger partial charge in [-0.1, -0.05) is 24.4 Å². The Hall–Kier alpha value is -1.53. The van der Waals surface area contributed by atoms with Crippen LogP contribution in [0.3, 0.4) is 0 Å². The van der Waals surface area contributed by atoms with Crippen LogP contribution in [0.5, 0.6) is 0 Å². The number of nitrogens with zero attached hydrogens (tertiary/aromatic N) is 1. The van der Waals surface area contributed by atoms with E-state index in [-0.39, 0.29) is 29.2 Å². The van der Waals surface area contributed by atoms with E-state index in [9.17, 15) is 9.18 Å². The van der Waals surface area contributed by atoms with Crippen LogP contribution >= 0.6 is 12.2 Å². The highest BCUT2D eigenvalue weighted by Crippen LogP contribution is 2.10. The van der Waals surface area contributed by atoms with E-state index in [2.05, 4.69) is 0 Å². The quantitative estimate of drug-likeness (QED) is 0.836. The highest BCUT2D eigenvalue weighted by atomic mass is 32.1. The Labute approximate surface area is 116 Å². The predicted octanol–water partition coefficient (Wildman–Crippen LogP) is 0.882. The highest BCUT2D eigenvalue weighted by molar-refractivity contribution is 7.80. The second-order valence-electron chi connectivity index (χ2n) is 4.40. The lowest BCUT2D eigenvalue weighted by molar-refractivity contribution is -0.135. The molecular weight excluding hydrogens is 267 g/mol. The monoisotopic (exact) mass is 282 g/mol. The summed E-state index contributed by atoms with van der Waals surface area (Å²) in [5.41, 5.74) is 6.31. The summed E-state index contributed by atoms with van der Waals surface area (Å²) in [6.07, 6.45) is -0.134. The normalized spacial score (nSPS) is 19.2. The van der Waals surface area contributed by atoms with Crippen molar-refractivity contribution in [3.8, 4) is 0 Å². The van der Waals surface area contributed by atoms with Gasteiger partial charge in [-0.05, 0) is 17.7 Å². The number of thiocarbonyl (C=S) groups is 1. The third-order valence-electron chi connectivity index (χ3n) is 3.01. The van der Waals surface area contributed by atoms with Crippen LogP contribution in [0.1, 0.15) is 5.56 Å². The van der Waals surface area contributed by atoms with E-state index in [0.717, 1.165) is 5.56 Å². The molecule has 0 aliphatic carbocycles. The highest BCUT2D eigenvalue weighted by Gasteiger charge is 2.25. The summed E-state index contributed by atoms with van der Waals surface area (Å²) in [6, 6.07) is 5.91. The maximum Gasteiger partial charge on any atom is 0.227 e. The van der Waals surface area contributed by atoms with Crippen molar-refractivity contribution in [2.24, 2.45) is 5.73 Å². The van der Waals surface area contributed by atoms with E-state index in [4.69, 9.17) is 22.7 Å². The van der Waals surface area contributed by atoms with Crippen molar-refractivity contribution in [2.45, 2.75) is 12.5 Å². The first kappa shape index (κ1) is 13.9. The van der Waals surface area contributed by atoms with Crippen LogP contribution in [-0.2, 0) is 16.0 Å². The summed E-state index contributed by atoms with van der Waals surface area (Å²) in [5, 5.41) is 0. The van der Waals surface area contributed by atoms with Gasteiger partial charge >= 0.3 is 0 Å². The van der Waals surface area contributed by atoms with E-state index in [1.165, 1.54) is 12.1 Å². The summed E-state index contributed by atoms with van der Waals surface area (Å²) in [4.78, 5) is 14.1. The van der Waals surface area contributed by atoms with Crippen LogP contribution < -0.4 is 5.73 Å². The lowest BCUT2D eigenvalue weighted by Crippen LogP contribution is -2.50. The summed E-state index contributed by atoms with van der Waals surface area (Å²) < 4.78 is 18.2. The molecule has 1 unspecified atom stereocenters. The van der Waals surface area contributed by atoms with E-state index < -0.39 is 0 Å². The molecule has 1 amide bonds. The van der Waals surface area contributed by atoms with Gasteiger partial charge < -0.3 is 15.4 Å². The van der Waals surface area contributed by atoms with Gasteiger partial charge in [0.15, 0.2) is 0 Å². The fourth-order valence-electron chi connectivity index (χ4n) is 1.94. The van der Waals surface area contributed by atoms with Crippen LogP contribution in [0.25, 0.3) is 0 Å². The number of halogens is 1. The molecule has 2 rings (SSSR count). The minimum absolute atomic E-state index is 0.0313. The van der Waals surface area contributed by atoms with Crippen molar-refractivity contribution >= 4 is 23.1 Å². The molecule has 1 aromatic rings. The first-order valence-corrected chi connectivity index (χ1v) is 6.40. The molecule has 0 radical (unpaired) electrons. The molecule has 0 saturated carbocycles. The van der Waals surface area contributed by atoms with Crippen molar-refractivity contribution in [1.82, 2.24) is 4.90 Å². The number of morpholine rings is 1. The standard InChI is InChI=1S/C13H15FN2O2S/c14-10-3-1-9(2-4-10)7-12(17)16-5-6-18-11(8-16)13(15)19/h1-4,11H,5-8H2,(H2,15,19). The Morgan fingerprint density at radius 3 is 2.79 bits per heavy atom. The van der Waals surface area contributed by atoms with Crippen molar-refractivity contribution in [3.63, 3.8) is 0 Å². The van der Waals surface area contributed by atoms with E-state index in [0.29, 0.717) is 19.7 Å². The second kappa shape index (κ2) is 6.08. The summed E-state index contributed by atoms with van der Waals surface area (Å²) >= 11 is 4.87. The zero-order valence-electron chi connectivity index (χ0n) is 10.3. The Morgan fingerprint density at radius 1 is 1.47 bits per heavy atom. The smallest absolute Gasteiger partial charge is 0.227 e. The number of benzene rings is 1. The molecule has 1 atom stereocenters. The van der Waals surface area contributed by atoms with Crippen LogP contribution in [-0.4, -0.2) is 41.6 Å². The van der Waals surface area contributed by atoms with Gasteiger partial charge in [-0.2, -0.15) is 0 Å². The molecule has 1 heterocycles. The number of carbonyl (C=O) groups excluding carboxylic acids is 1. The van der Waals surface area contributed by atoms with Crippen molar-refractivity contribution in [2.75, 3.05) is 19.7 Å². The topological polar surface area (TPSA) is 55.6 Å². The number of rotatable bonds is 3. The number of hydrogen-bond acceptors (Lipinski definition) is 3. The van der Waals surface area contributed by atoms with Gasteiger partial charge in [-0.25, -0.2) is 4.39 Å². The number of hydrogen-bond donors (Lipinski definition) is 1. The molecule has 1 saturated heterocycles. The number of ether oxygens (including phenoxy) is 1. The Morgan fingerprint density at radius 2 is 2.16 bits per heavy atom. The maximum atomic E-state index is 12.8. The largest absolute Gasteiger partial charge is 0.391 e. The molecule has 4 nitrogen and oxygen atoms in total. The van der Waals surface area contributed by atoms with Crippen LogP contribution in [0, 0.1) is 5.82 Å². The van der Waals surface area contributed by atoms with Gasteiger partial charge in [0.1, 0.15) is 16.9 Å². The molecule has 19 heavy (non-hydrogen) atoms. The molecule has 0 aromatic heterocycles. The van der Waals surface area contributed by atoms with Gasteiger partial charge in [-0.15, -0.1) is 0 Å². The van der Waals surface area contributed by atoms with E-state index in [1.54, 1.807) is 17.0 Å². The molecular formula is C13H15FN2O2S. The molecule has 1 fully saturated rings. The lowest BCUT2D eigenvalue weighted by Gasteiger charge is -2.32. The van der Waals surface area contributed by atoms with Crippen molar-refractivity contribution in [3.05, 3.63) is 35.6 Å². The maximum absolute atomic E-state index is 12.8. The Balaban J connectivity index is 1.96. The van der Waals surface area contributed by atoms with Gasteiger partial charge in [-0.3, -0.25) is 4.79 Å². The molecule has 102 valence electrons. The molecule has 1 aromatic carbocycles. The number of carbonyl (C=O) groups is 1. The molecule has 0 spiro atoms. The number of amides is 1. The molecule has 0 bridgehead atoms. The summed E-state index contributed by atoms with van der Waals surface area (Å²) in [7, 11) is 0. The van der Waals surface area contributed by atoms with Crippen LogP contribution in [0.4, 0.5) is 4.39 Å². The SMILES string of the molecule is NC(=S)C1CN(C(=O)Cc2ccc(F)cc2)CCO1. The molecule has 6 heteroatoms. The molecule has 1 aliphatic heterocycles. The molecule has 1 aliphatic rings. The summed E-state index contributed by atoms with van der Waals surface area (Å²) in [6.45, 7) is 1.34. The van der Waals surface area contributed by atoms with Crippen LogP contribution in [0.15, 0.2) is 24.3 Å². The fourth-order valence-corrected chi connectivity index (χ4v) is 2.08. The zero-order valence-corrected chi connectivity index (χ0v) is 11.2. The van der Waals surface area contributed by atoms with Crippen LogP contribution in [0.2, 0.25) is 0 Å². The third-order valence-corrected chi connectivity index (χ3v) is 3.27. The van der Waals surface area contributed by atoms with Gasteiger partial charge in [0.05, 0.1) is 19.6 Å². The number of nitrogens with two attached hydrogens (primary N) is 1.